The van der Waals surface area contributed by atoms with Gasteiger partial charge in [-0.2, -0.15) is 4.98 Å². The lowest BCUT2D eigenvalue weighted by molar-refractivity contribution is 0.342. The molecular formula is C10H16N4O. The van der Waals surface area contributed by atoms with Crippen LogP contribution in [-0.2, 0) is 6.54 Å². The summed E-state index contributed by atoms with van der Waals surface area (Å²) in [4.78, 5) is 6.35. The molecule has 1 aromatic rings. The first-order valence-corrected chi connectivity index (χ1v) is 5.06. The summed E-state index contributed by atoms with van der Waals surface area (Å²) in [5, 5.41) is 3.92. The highest BCUT2D eigenvalue weighted by Gasteiger charge is 2.22. The molecule has 0 aliphatic heterocycles. The molecule has 1 aliphatic rings. The number of nitrogens with zero attached hydrogens (tertiary/aromatic N) is 3. The standard InChI is InChI=1S/C10H16N4O/c1-14(2)6-9-12-10(15-13-9)7-3-4-8(11)5-7/h3-4,7-8H,5-6,11H2,1-2H3. The van der Waals surface area contributed by atoms with Gasteiger partial charge < -0.3 is 15.2 Å². The number of rotatable bonds is 3. The molecule has 15 heavy (non-hydrogen) atoms. The van der Waals surface area contributed by atoms with E-state index in [1.807, 2.05) is 31.1 Å². The van der Waals surface area contributed by atoms with E-state index in [-0.39, 0.29) is 12.0 Å². The lowest BCUT2D eigenvalue weighted by atomic mass is 10.1. The Bertz CT molecular complexity index is 358. The van der Waals surface area contributed by atoms with Crippen LogP contribution in [-0.4, -0.2) is 35.2 Å². The zero-order valence-electron chi connectivity index (χ0n) is 9.05. The van der Waals surface area contributed by atoms with E-state index in [4.69, 9.17) is 10.3 Å². The summed E-state index contributed by atoms with van der Waals surface area (Å²) in [5.74, 6) is 1.60. The third-order valence-electron chi connectivity index (χ3n) is 2.38. The molecule has 0 spiro atoms. The van der Waals surface area contributed by atoms with Gasteiger partial charge in [-0.05, 0) is 20.5 Å². The minimum absolute atomic E-state index is 0.124. The maximum Gasteiger partial charge on any atom is 0.233 e. The Hall–Kier alpha value is -1.20. The number of hydrogen-bond donors (Lipinski definition) is 1. The Morgan fingerprint density at radius 3 is 2.93 bits per heavy atom. The Morgan fingerprint density at radius 2 is 2.33 bits per heavy atom. The highest BCUT2D eigenvalue weighted by molar-refractivity contribution is 5.15. The number of allylic oxidation sites excluding steroid dienone is 1. The van der Waals surface area contributed by atoms with Crippen LogP contribution in [0.15, 0.2) is 16.7 Å². The summed E-state index contributed by atoms with van der Waals surface area (Å²) < 4.78 is 5.20. The Labute approximate surface area is 88.9 Å². The van der Waals surface area contributed by atoms with Crippen LogP contribution in [0.5, 0.6) is 0 Å². The van der Waals surface area contributed by atoms with Crippen molar-refractivity contribution in [1.82, 2.24) is 15.0 Å². The second-order valence-electron chi connectivity index (χ2n) is 4.18. The molecule has 82 valence electrons. The number of aromatic nitrogens is 2. The normalized spacial score (nSPS) is 25.3. The molecule has 1 aliphatic carbocycles. The average molecular weight is 208 g/mol. The number of nitrogens with two attached hydrogens (primary N) is 1. The lowest BCUT2D eigenvalue weighted by Gasteiger charge is -2.04. The van der Waals surface area contributed by atoms with E-state index in [0.29, 0.717) is 12.4 Å². The molecule has 2 atom stereocenters. The van der Waals surface area contributed by atoms with Crippen molar-refractivity contribution in [1.29, 1.82) is 0 Å². The molecule has 0 aromatic carbocycles. The van der Waals surface area contributed by atoms with E-state index in [2.05, 4.69) is 10.1 Å². The zero-order chi connectivity index (χ0) is 10.8. The maximum absolute atomic E-state index is 5.77. The van der Waals surface area contributed by atoms with Gasteiger partial charge in [0, 0.05) is 6.04 Å². The van der Waals surface area contributed by atoms with Crippen molar-refractivity contribution < 1.29 is 4.52 Å². The molecule has 0 bridgehead atoms. The fraction of sp³-hybridized carbons (Fsp3) is 0.600. The van der Waals surface area contributed by atoms with Crippen molar-refractivity contribution in [2.45, 2.75) is 24.9 Å². The molecule has 0 radical (unpaired) electrons. The summed E-state index contributed by atoms with van der Waals surface area (Å²) in [6.45, 7) is 0.700. The summed E-state index contributed by atoms with van der Waals surface area (Å²) in [7, 11) is 3.95. The predicted octanol–water partition coefficient (Wildman–Crippen LogP) is 0.502. The fourth-order valence-electron chi connectivity index (χ4n) is 1.68. The summed E-state index contributed by atoms with van der Waals surface area (Å²) in [6.07, 6.45) is 4.89. The van der Waals surface area contributed by atoms with Crippen LogP contribution in [0.4, 0.5) is 0 Å². The Balaban J connectivity index is 2.04. The maximum atomic E-state index is 5.77. The van der Waals surface area contributed by atoms with Gasteiger partial charge in [0.2, 0.25) is 5.89 Å². The number of hydrogen-bond acceptors (Lipinski definition) is 5. The second kappa shape index (κ2) is 4.12. The van der Waals surface area contributed by atoms with Gasteiger partial charge in [-0.15, -0.1) is 0 Å². The van der Waals surface area contributed by atoms with Gasteiger partial charge in [-0.1, -0.05) is 17.3 Å². The molecule has 0 amide bonds. The third kappa shape index (κ3) is 2.43. The molecule has 2 rings (SSSR count). The highest BCUT2D eigenvalue weighted by atomic mass is 16.5. The molecule has 1 heterocycles. The molecule has 1 aromatic heterocycles. The molecule has 2 unspecified atom stereocenters. The molecule has 0 fully saturated rings. The van der Waals surface area contributed by atoms with Crippen molar-refractivity contribution >= 4 is 0 Å². The first-order valence-electron chi connectivity index (χ1n) is 5.06. The first-order chi connectivity index (χ1) is 7.15. The molecule has 0 saturated heterocycles. The van der Waals surface area contributed by atoms with Crippen LogP contribution in [0.1, 0.15) is 24.1 Å². The smallest absolute Gasteiger partial charge is 0.233 e. The monoisotopic (exact) mass is 208 g/mol. The fourth-order valence-corrected chi connectivity index (χ4v) is 1.68. The minimum atomic E-state index is 0.124. The summed E-state index contributed by atoms with van der Waals surface area (Å²) in [5.41, 5.74) is 5.77. The van der Waals surface area contributed by atoms with Crippen molar-refractivity contribution in [3.8, 4) is 0 Å². The highest BCUT2D eigenvalue weighted by Crippen LogP contribution is 2.26. The SMILES string of the molecule is CN(C)Cc1noc(C2C=CC(N)C2)n1. The topological polar surface area (TPSA) is 68.2 Å². The van der Waals surface area contributed by atoms with Gasteiger partial charge >= 0.3 is 0 Å². The van der Waals surface area contributed by atoms with Gasteiger partial charge in [0.25, 0.3) is 0 Å². The molecule has 5 nitrogen and oxygen atoms in total. The Kier molecular flexibility index (Phi) is 2.83. The molecule has 0 saturated carbocycles. The van der Waals surface area contributed by atoms with Crippen molar-refractivity contribution in [3.63, 3.8) is 0 Å². The van der Waals surface area contributed by atoms with E-state index < -0.39 is 0 Å². The average Bonchev–Trinajstić information content (AvgIpc) is 2.72. The summed E-state index contributed by atoms with van der Waals surface area (Å²) >= 11 is 0. The van der Waals surface area contributed by atoms with Gasteiger partial charge in [0.1, 0.15) is 0 Å². The molecule has 2 N–H and O–H groups in total. The van der Waals surface area contributed by atoms with Crippen molar-refractivity contribution in [2.24, 2.45) is 5.73 Å². The van der Waals surface area contributed by atoms with Crippen LogP contribution < -0.4 is 5.73 Å². The van der Waals surface area contributed by atoms with Crippen LogP contribution in [0, 0.1) is 0 Å². The Morgan fingerprint density at radius 1 is 1.53 bits per heavy atom. The van der Waals surface area contributed by atoms with Crippen LogP contribution >= 0.6 is 0 Å². The van der Waals surface area contributed by atoms with E-state index in [1.54, 1.807) is 0 Å². The van der Waals surface area contributed by atoms with E-state index in [1.165, 1.54) is 0 Å². The quantitative estimate of drug-likeness (QED) is 0.733. The largest absolute Gasteiger partial charge is 0.339 e. The molecular weight excluding hydrogens is 192 g/mol. The second-order valence-corrected chi connectivity index (χ2v) is 4.18. The molecule has 5 heteroatoms. The first kappa shape index (κ1) is 10.3. The van der Waals surface area contributed by atoms with Crippen LogP contribution in [0.25, 0.3) is 0 Å². The van der Waals surface area contributed by atoms with Gasteiger partial charge in [-0.3, -0.25) is 0 Å². The summed E-state index contributed by atoms with van der Waals surface area (Å²) in [6, 6.07) is 0.124. The van der Waals surface area contributed by atoms with E-state index in [0.717, 1.165) is 12.2 Å². The zero-order valence-corrected chi connectivity index (χ0v) is 9.05. The van der Waals surface area contributed by atoms with E-state index >= 15 is 0 Å². The predicted molar refractivity (Wildman–Crippen MR) is 56.2 cm³/mol. The van der Waals surface area contributed by atoms with Gasteiger partial charge in [-0.25, -0.2) is 0 Å². The lowest BCUT2D eigenvalue weighted by Crippen LogP contribution is -2.14. The van der Waals surface area contributed by atoms with E-state index in [9.17, 15) is 0 Å². The van der Waals surface area contributed by atoms with Crippen molar-refractivity contribution in [3.05, 3.63) is 23.9 Å². The van der Waals surface area contributed by atoms with Crippen LogP contribution in [0.3, 0.4) is 0 Å². The van der Waals surface area contributed by atoms with Gasteiger partial charge in [0.05, 0.1) is 12.5 Å². The van der Waals surface area contributed by atoms with Crippen molar-refractivity contribution in [2.75, 3.05) is 14.1 Å². The minimum Gasteiger partial charge on any atom is -0.339 e. The third-order valence-corrected chi connectivity index (χ3v) is 2.38. The van der Waals surface area contributed by atoms with Gasteiger partial charge in [0.15, 0.2) is 5.82 Å². The van der Waals surface area contributed by atoms with Crippen LogP contribution in [0.2, 0.25) is 0 Å².